The lowest BCUT2D eigenvalue weighted by Crippen LogP contribution is -2.51. The van der Waals surface area contributed by atoms with Crippen LogP contribution in [0.25, 0.3) is 0 Å². The summed E-state index contributed by atoms with van der Waals surface area (Å²) in [6.45, 7) is 7.23. The number of carbonyl (C=O) groups is 2. The molecule has 1 N–H and O–H groups in total. The van der Waals surface area contributed by atoms with Crippen molar-refractivity contribution in [3.8, 4) is 0 Å². The Morgan fingerprint density at radius 3 is 2.00 bits per heavy atom. The van der Waals surface area contributed by atoms with Gasteiger partial charge in [0.25, 0.3) is 10.0 Å². The zero-order valence-corrected chi connectivity index (χ0v) is 25.5. The van der Waals surface area contributed by atoms with Crippen molar-refractivity contribution < 1.29 is 18.0 Å². The number of hydrogen-bond acceptors (Lipinski definition) is 4. The highest BCUT2D eigenvalue weighted by molar-refractivity contribution is 7.92. The molecule has 3 rings (SSSR count). The Kier molecular flexibility index (Phi) is 11.0. The number of unbranched alkanes of at least 4 members (excludes halogenated alkanes) is 1. The van der Waals surface area contributed by atoms with Crippen LogP contribution in [0.2, 0.25) is 10.0 Å². The van der Waals surface area contributed by atoms with Gasteiger partial charge in [-0.25, -0.2) is 8.42 Å². The molecule has 10 heteroatoms. The molecule has 214 valence electrons. The molecule has 0 fully saturated rings. The minimum absolute atomic E-state index is 0.0533. The van der Waals surface area contributed by atoms with Crippen LogP contribution in [0.1, 0.15) is 43.4 Å². The van der Waals surface area contributed by atoms with E-state index in [2.05, 4.69) is 5.32 Å². The van der Waals surface area contributed by atoms with Crippen LogP contribution in [-0.2, 0) is 26.2 Å². The molecule has 1 atom stereocenters. The summed E-state index contributed by atoms with van der Waals surface area (Å²) in [4.78, 5) is 28.4. The van der Waals surface area contributed by atoms with Crippen LogP contribution in [0.3, 0.4) is 0 Å². The summed E-state index contributed by atoms with van der Waals surface area (Å²) in [5, 5.41) is 3.53. The van der Waals surface area contributed by atoms with Gasteiger partial charge in [0.2, 0.25) is 11.8 Å². The molecule has 0 saturated heterocycles. The van der Waals surface area contributed by atoms with Crippen LogP contribution in [0.5, 0.6) is 0 Å². The molecule has 0 aliphatic heterocycles. The monoisotopic (exact) mass is 603 g/mol. The fourth-order valence-electron chi connectivity index (χ4n) is 4.05. The van der Waals surface area contributed by atoms with Gasteiger partial charge in [-0.3, -0.25) is 13.9 Å². The molecule has 0 aromatic heterocycles. The SMILES string of the molecule is CCCCNC(=O)[C@H](C)N(Cc1c(Cl)cccc1Cl)C(=O)CN(c1ccc(C)cc1)S(=O)(=O)c1ccc(C)cc1. The van der Waals surface area contributed by atoms with Gasteiger partial charge in [0.1, 0.15) is 12.6 Å². The highest BCUT2D eigenvalue weighted by atomic mass is 35.5. The van der Waals surface area contributed by atoms with E-state index in [1.54, 1.807) is 61.5 Å². The van der Waals surface area contributed by atoms with Gasteiger partial charge in [-0.2, -0.15) is 0 Å². The van der Waals surface area contributed by atoms with Crippen molar-refractivity contribution in [3.63, 3.8) is 0 Å². The van der Waals surface area contributed by atoms with Crippen molar-refractivity contribution in [1.29, 1.82) is 0 Å². The smallest absolute Gasteiger partial charge is 0.264 e. The number of aryl methyl sites for hydroxylation is 2. The van der Waals surface area contributed by atoms with Gasteiger partial charge in [0.05, 0.1) is 10.6 Å². The van der Waals surface area contributed by atoms with E-state index in [1.807, 2.05) is 20.8 Å². The van der Waals surface area contributed by atoms with Crippen LogP contribution < -0.4 is 9.62 Å². The van der Waals surface area contributed by atoms with Crippen LogP contribution >= 0.6 is 23.2 Å². The Morgan fingerprint density at radius 1 is 0.900 bits per heavy atom. The molecule has 7 nitrogen and oxygen atoms in total. The summed E-state index contributed by atoms with van der Waals surface area (Å²) in [5.74, 6) is -0.932. The molecule has 0 unspecified atom stereocenters. The number of amides is 2. The molecule has 2 amide bonds. The molecule has 40 heavy (non-hydrogen) atoms. The fraction of sp³-hybridized carbons (Fsp3) is 0.333. The molecule has 0 bridgehead atoms. The molecular weight excluding hydrogens is 569 g/mol. The quantitative estimate of drug-likeness (QED) is 0.252. The van der Waals surface area contributed by atoms with E-state index in [1.165, 1.54) is 17.0 Å². The normalized spacial score (nSPS) is 12.1. The second-order valence-electron chi connectivity index (χ2n) is 9.70. The Balaban J connectivity index is 2.03. The molecule has 0 aliphatic carbocycles. The summed E-state index contributed by atoms with van der Waals surface area (Å²) in [6.07, 6.45) is 1.69. The summed E-state index contributed by atoms with van der Waals surface area (Å²) >= 11 is 12.8. The first-order valence-electron chi connectivity index (χ1n) is 13.1. The Labute approximate surface area is 247 Å². The topological polar surface area (TPSA) is 86.8 Å². The summed E-state index contributed by atoms with van der Waals surface area (Å²) < 4.78 is 28.8. The van der Waals surface area contributed by atoms with E-state index >= 15 is 0 Å². The first kappa shape index (κ1) is 31.5. The van der Waals surface area contributed by atoms with Crippen LogP contribution in [-0.4, -0.2) is 44.3 Å². The average molecular weight is 605 g/mol. The number of sulfonamides is 1. The first-order valence-corrected chi connectivity index (χ1v) is 15.3. The summed E-state index contributed by atoms with van der Waals surface area (Å²) in [7, 11) is -4.13. The second-order valence-corrected chi connectivity index (χ2v) is 12.4. The van der Waals surface area contributed by atoms with Gasteiger partial charge >= 0.3 is 0 Å². The molecule has 0 saturated carbocycles. The number of benzene rings is 3. The van der Waals surface area contributed by atoms with Gasteiger partial charge in [-0.1, -0.05) is 78.0 Å². The van der Waals surface area contributed by atoms with E-state index in [-0.39, 0.29) is 17.3 Å². The maximum absolute atomic E-state index is 14.0. The number of carbonyl (C=O) groups excluding carboxylic acids is 2. The number of anilines is 1. The van der Waals surface area contributed by atoms with E-state index in [9.17, 15) is 18.0 Å². The van der Waals surface area contributed by atoms with Gasteiger partial charge in [0.15, 0.2) is 0 Å². The predicted octanol–water partition coefficient (Wildman–Crippen LogP) is 6.14. The number of nitrogens with zero attached hydrogens (tertiary/aromatic N) is 2. The number of halogens is 2. The first-order chi connectivity index (χ1) is 18.9. The van der Waals surface area contributed by atoms with Crippen molar-refractivity contribution in [2.45, 2.75) is 58.0 Å². The molecule has 0 heterocycles. The van der Waals surface area contributed by atoms with Gasteiger partial charge in [-0.05, 0) is 63.6 Å². The second kappa shape index (κ2) is 14.0. The Hall–Kier alpha value is -3.07. The molecule has 3 aromatic carbocycles. The van der Waals surface area contributed by atoms with E-state index in [4.69, 9.17) is 23.2 Å². The number of nitrogens with one attached hydrogen (secondary N) is 1. The Morgan fingerprint density at radius 2 is 1.45 bits per heavy atom. The third-order valence-corrected chi connectivity index (χ3v) is 9.09. The number of hydrogen-bond donors (Lipinski definition) is 1. The standard InChI is InChI=1S/C30H35Cl2N3O4S/c1-5-6-18-33-30(37)23(4)34(19-26-27(31)8-7-9-28(26)32)29(36)20-35(24-14-10-21(2)11-15-24)40(38,39)25-16-12-22(3)13-17-25/h7-17,23H,5-6,18-20H2,1-4H3,(H,33,37)/t23-/m0/s1. The van der Waals surface area contributed by atoms with Crippen molar-refractivity contribution in [3.05, 3.63) is 93.5 Å². The van der Waals surface area contributed by atoms with Crippen molar-refractivity contribution >= 4 is 50.7 Å². The van der Waals surface area contributed by atoms with Crippen LogP contribution in [0.4, 0.5) is 5.69 Å². The highest BCUT2D eigenvalue weighted by Crippen LogP contribution is 2.28. The van der Waals surface area contributed by atoms with Gasteiger partial charge in [-0.15, -0.1) is 0 Å². The minimum Gasteiger partial charge on any atom is -0.354 e. The molecule has 3 aromatic rings. The number of rotatable bonds is 12. The molecule has 0 radical (unpaired) electrons. The van der Waals surface area contributed by atoms with Crippen molar-refractivity contribution in [1.82, 2.24) is 10.2 Å². The molecular formula is C30H35Cl2N3O4S. The van der Waals surface area contributed by atoms with E-state index in [0.29, 0.717) is 27.8 Å². The average Bonchev–Trinajstić information content (AvgIpc) is 2.92. The fourth-order valence-corrected chi connectivity index (χ4v) is 5.98. The van der Waals surface area contributed by atoms with Crippen LogP contribution in [0, 0.1) is 13.8 Å². The predicted molar refractivity (Wildman–Crippen MR) is 161 cm³/mol. The van der Waals surface area contributed by atoms with Crippen molar-refractivity contribution in [2.24, 2.45) is 0 Å². The minimum atomic E-state index is -4.13. The third-order valence-electron chi connectivity index (χ3n) is 6.60. The van der Waals surface area contributed by atoms with Gasteiger partial charge in [0, 0.05) is 28.7 Å². The molecule has 0 aliphatic rings. The zero-order valence-electron chi connectivity index (χ0n) is 23.2. The zero-order chi connectivity index (χ0) is 29.4. The van der Waals surface area contributed by atoms with E-state index in [0.717, 1.165) is 28.3 Å². The largest absolute Gasteiger partial charge is 0.354 e. The maximum atomic E-state index is 14.0. The lowest BCUT2D eigenvalue weighted by atomic mass is 10.1. The van der Waals surface area contributed by atoms with Crippen molar-refractivity contribution in [2.75, 3.05) is 17.4 Å². The maximum Gasteiger partial charge on any atom is 0.264 e. The molecule has 0 spiro atoms. The third kappa shape index (κ3) is 7.77. The lowest BCUT2D eigenvalue weighted by Gasteiger charge is -2.32. The highest BCUT2D eigenvalue weighted by Gasteiger charge is 2.33. The lowest BCUT2D eigenvalue weighted by molar-refractivity contribution is -0.139. The van der Waals surface area contributed by atoms with Gasteiger partial charge < -0.3 is 10.2 Å². The Bertz CT molecular complexity index is 1410. The van der Waals surface area contributed by atoms with Crippen LogP contribution in [0.15, 0.2) is 71.6 Å². The van der Waals surface area contributed by atoms with E-state index < -0.39 is 28.5 Å². The summed E-state index contributed by atoms with van der Waals surface area (Å²) in [5.41, 5.74) is 2.64. The summed E-state index contributed by atoms with van der Waals surface area (Å²) in [6, 6.07) is 17.4.